The fourth-order valence-corrected chi connectivity index (χ4v) is 2.19. The summed E-state index contributed by atoms with van der Waals surface area (Å²) in [4.78, 5) is 0. The van der Waals surface area contributed by atoms with Crippen molar-refractivity contribution in [1.29, 1.82) is 0 Å². The first-order valence-electron chi connectivity index (χ1n) is 6.39. The number of nitrogens with one attached hydrogen (secondary N) is 1. The van der Waals surface area contributed by atoms with Crippen LogP contribution in [0, 0.1) is 0 Å². The molecule has 1 fully saturated rings. The van der Waals surface area contributed by atoms with Gasteiger partial charge in [0.2, 0.25) is 0 Å². The van der Waals surface area contributed by atoms with Crippen LogP contribution in [0.15, 0.2) is 24.3 Å². The second kappa shape index (κ2) is 6.50. The second-order valence-corrected chi connectivity index (χ2v) is 4.46. The third-order valence-electron chi connectivity index (χ3n) is 3.19. The van der Waals surface area contributed by atoms with Gasteiger partial charge in [-0.1, -0.05) is 0 Å². The summed E-state index contributed by atoms with van der Waals surface area (Å²) in [5, 5.41) is 3.50. The van der Waals surface area contributed by atoms with Gasteiger partial charge in [0.25, 0.3) is 0 Å². The Balaban J connectivity index is 1.63. The molecule has 0 aromatic heterocycles. The molecule has 0 saturated carbocycles. The summed E-state index contributed by atoms with van der Waals surface area (Å²) >= 11 is 0. The van der Waals surface area contributed by atoms with E-state index in [1.165, 1.54) is 25.8 Å². The Labute approximate surface area is 103 Å². The van der Waals surface area contributed by atoms with Gasteiger partial charge in [0.15, 0.2) is 0 Å². The van der Waals surface area contributed by atoms with Crippen LogP contribution in [0.5, 0.6) is 11.5 Å². The van der Waals surface area contributed by atoms with Crippen molar-refractivity contribution in [2.45, 2.75) is 31.7 Å². The van der Waals surface area contributed by atoms with Gasteiger partial charge in [0.05, 0.1) is 13.7 Å². The maximum Gasteiger partial charge on any atom is 0.119 e. The fourth-order valence-electron chi connectivity index (χ4n) is 2.19. The molecule has 3 nitrogen and oxygen atoms in total. The number of benzene rings is 1. The van der Waals surface area contributed by atoms with Gasteiger partial charge >= 0.3 is 0 Å². The molecule has 1 N–H and O–H groups in total. The van der Waals surface area contributed by atoms with E-state index >= 15 is 0 Å². The zero-order chi connectivity index (χ0) is 11.9. The Morgan fingerprint density at radius 2 is 2.00 bits per heavy atom. The molecule has 1 aliphatic heterocycles. The average molecular weight is 235 g/mol. The van der Waals surface area contributed by atoms with Crippen molar-refractivity contribution in [2.75, 3.05) is 20.3 Å². The number of methoxy groups -OCH3 is 1. The minimum Gasteiger partial charge on any atom is -0.497 e. The predicted molar refractivity (Wildman–Crippen MR) is 68.7 cm³/mol. The van der Waals surface area contributed by atoms with E-state index in [1.54, 1.807) is 7.11 Å². The van der Waals surface area contributed by atoms with Crippen LogP contribution in [-0.2, 0) is 0 Å². The lowest BCUT2D eigenvalue weighted by atomic mass is 10.1. The average Bonchev–Trinajstić information content (AvgIpc) is 2.88. The monoisotopic (exact) mass is 235 g/mol. The number of ether oxygens (including phenoxy) is 2. The topological polar surface area (TPSA) is 30.5 Å². The minimum atomic E-state index is 0.717. The smallest absolute Gasteiger partial charge is 0.119 e. The van der Waals surface area contributed by atoms with E-state index in [4.69, 9.17) is 9.47 Å². The molecule has 1 aromatic rings. The van der Waals surface area contributed by atoms with Crippen molar-refractivity contribution in [3.63, 3.8) is 0 Å². The molecule has 94 valence electrons. The molecule has 0 bridgehead atoms. The summed E-state index contributed by atoms with van der Waals surface area (Å²) in [6.45, 7) is 1.98. The van der Waals surface area contributed by atoms with E-state index in [0.29, 0.717) is 0 Å². The SMILES string of the molecule is COc1ccc(OCCCC2CCCN2)cc1. The van der Waals surface area contributed by atoms with Gasteiger partial charge in [-0.2, -0.15) is 0 Å². The van der Waals surface area contributed by atoms with Crippen LogP contribution in [0.3, 0.4) is 0 Å². The highest BCUT2D eigenvalue weighted by Crippen LogP contribution is 2.17. The van der Waals surface area contributed by atoms with Crippen LogP contribution in [0.2, 0.25) is 0 Å². The largest absolute Gasteiger partial charge is 0.497 e. The lowest BCUT2D eigenvalue weighted by Crippen LogP contribution is -2.21. The van der Waals surface area contributed by atoms with E-state index < -0.39 is 0 Å². The zero-order valence-electron chi connectivity index (χ0n) is 10.4. The predicted octanol–water partition coefficient (Wildman–Crippen LogP) is 2.61. The molecule has 1 aliphatic rings. The molecule has 2 rings (SSSR count). The van der Waals surface area contributed by atoms with Gasteiger partial charge in [-0.25, -0.2) is 0 Å². The van der Waals surface area contributed by atoms with Crippen molar-refractivity contribution in [1.82, 2.24) is 5.32 Å². The molecule has 1 aromatic carbocycles. The van der Waals surface area contributed by atoms with Crippen molar-refractivity contribution < 1.29 is 9.47 Å². The van der Waals surface area contributed by atoms with Gasteiger partial charge in [-0.05, 0) is 56.5 Å². The van der Waals surface area contributed by atoms with Gasteiger partial charge in [-0.3, -0.25) is 0 Å². The summed E-state index contributed by atoms with van der Waals surface area (Å²) in [6.07, 6.45) is 4.98. The summed E-state index contributed by atoms with van der Waals surface area (Å²) in [5.41, 5.74) is 0. The lowest BCUT2D eigenvalue weighted by molar-refractivity contribution is 0.298. The molecule has 1 atom stereocenters. The Morgan fingerprint density at radius 3 is 2.65 bits per heavy atom. The summed E-state index contributed by atoms with van der Waals surface area (Å²) in [7, 11) is 1.67. The van der Waals surface area contributed by atoms with Crippen LogP contribution < -0.4 is 14.8 Å². The quantitative estimate of drug-likeness (QED) is 0.769. The minimum absolute atomic E-state index is 0.717. The van der Waals surface area contributed by atoms with Gasteiger partial charge < -0.3 is 14.8 Å². The maximum absolute atomic E-state index is 5.68. The molecule has 1 saturated heterocycles. The summed E-state index contributed by atoms with van der Waals surface area (Å²) < 4.78 is 10.8. The van der Waals surface area contributed by atoms with Crippen molar-refractivity contribution in [2.24, 2.45) is 0 Å². The highest BCUT2D eigenvalue weighted by atomic mass is 16.5. The molecule has 3 heteroatoms. The van der Waals surface area contributed by atoms with Crippen LogP contribution in [0.4, 0.5) is 0 Å². The number of hydrogen-bond acceptors (Lipinski definition) is 3. The van der Waals surface area contributed by atoms with Crippen LogP contribution in [-0.4, -0.2) is 26.3 Å². The summed E-state index contributed by atoms with van der Waals surface area (Å²) in [6, 6.07) is 8.47. The highest BCUT2D eigenvalue weighted by molar-refractivity contribution is 5.31. The van der Waals surface area contributed by atoms with Crippen molar-refractivity contribution in [3.8, 4) is 11.5 Å². The second-order valence-electron chi connectivity index (χ2n) is 4.46. The van der Waals surface area contributed by atoms with E-state index in [0.717, 1.165) is 30.6 Å². The van der Waals surface area contributed by atoms with E-state index in [2.05, 4.69) is 5.32 Å². The van der Waals surface area contributed by atoms with Crippen LogP contribution in [0.25, 0.3) is 0 Å². The van der Waals surface area contributed by atoms with Gasteiger partial charge in [0, 0.05) is 6.04 Å². The molecule has 1 heterocycles. The zero-order valence-corrected chi connectivity index (χ0v) is 10.4. The number of rotatable bonds is 6. The molecular weight excluding hydrogens is 214 g/mol. The fraction of sp³-hybridized carbons (Fsp3) is 0.571. The van der Waals surface area contributed by atoms with Crippen molar-refractivity contribution in [3.05, 3.63) is 24.3 Å². The van der Waals surface area contributed by atoms with Gasteiger partial charge in [0.1, 0.15) is 11.5 Å². The molecule has 0 aliphatic carbocycles. The third kappa shape index (κ3) is 3.93. The van der Waals surface area contributed by atoms with Crippen LogP contribution in [0.1, 0.15) is 25.7 Å². The first-order chi connectivity index (χ1) is 8.38. The molecule has 1 unspecified atom stereocenters. The molecule has 0 spiro atoms. The van der Waals surface area contributed by atoms with E-state index in [-0.39, 0.29) is 0 Å². The standard InChI is InChI=1S/C14H21NO2/c1-16-13-6-8-14(9-7-13)17-11-3-5-12-4-2-10-15-12/h6-9,12,15H,2-5,10-11H2,1H3. The van der Waals surface area contributed by atoms with E-state index in [9.17, 15) is 0 Å². The first kappa shape index (κ1) is 12.2. The molecule has 0 radical (unpaired) electrons. The Morgan fingerprint density at radius 1 is 1.24 bits per heavy atom. The molecular formula is C14H21NO2. The Kier molecular flexibility index (Phi) is 4.68. The molecule has 17 heavy (non-hydrogen) atoms. The lowest BCUT2D eigenvalue weighted by Gasteiger charge is -2.10. The highest BCUT2D eigenvalue weighted by Gasteiger charge is 2.12. The van der Waals surface area contributed by atoms with Gasteiger partial charge in [-0.15, -0.1) is 0 Å². The Hall–Kier alpha value is -1.22. The number of hydrogen-bond donors (Lipinski definition) is 1. The Bertz CT molecular complexity index is 317. The normalized spacial score (nSPS) is 19.2. The maximum atomic E-state index is 5.68. The van der Waals surface area contributed by atoms with E-state index in [1.807, 2.05) is 24.3 Å². The van der Waals surface area contributed by atoms with Crippen LogP contribution >= 0.6 is 0 Å². The molecule has 0 amide bonds. The van der Waals surface area contributed by atoms with Crippen molar-refractivity contribution >= 4 is 0 Å². The summed E-state index contributed by atoms with van der Waals surface area (Å²) in [5.74, 6) is 1.79. The first-order valence-corrected chi connectivity index (χ1v) is 6.39. The third-order valence-corrected chi connectivity index (χ3v) is 3.19.